The summed E-state index contributed by atoms with van der Waals surface area (Å²) in [6.07, 6.45) is 1.49. The van der Waals surface area contributed by atoms with Gasteiger partial charge < -0.3 is 4.74 Å². The van der Waals surface area contributed by atoms with Gasteiger partial charge in [0.25, 0.3) is 5.78 Å². The zero-order valence-electron chi connectivity index (χ0n) is 14.3. The van der Waals surface area contributed by atoms with Crippen molar-refractivity contribution in [2.75, 3.05) is 0 Å². The summed E-state index contributed by atoms with van der Waals surface area (Å²) >= 11 is 5.71. The van der Waals surface area contributed by atoms with Crippen molar-refractivity contribution in [2.45, 2.75) is 20.5 Å². The molecule has 0 amide bonds. The van der Waals surface area contributed by atoms with Gasteiger partial charge in [0.1, 0.15) is 11.8 Å². The smallest absolute Gasteiger partial charge is 0.380 e. The lowest BCUT2D eigenvalue weighted by atomic mass is 10.1. The summed E-state index contributed by atoms with van der Waals surface area (Å²) in [5, 5.41) is 4.72. The van der Waals surface area contributed by atoms with E-state index in [4.69, 9.17) is 16.3 Å². The minimum absolute atomic E-state index is 0.0559. The minimum Gasteiger partial charge on any atom is -0.455 e. The Morgan fingerprint density at radius 3 is 2.50 bits per heavy atom. The largest absolute Gasteiger partial charge is 0.455 e. The number of aromatic nitrogens is 3. The molecular weight excluding hydrogens is 354 g/mol. The average molecular weight is 370 g/mol. The van der Waals surface area contributed by atoms with Crippen LogP contribution in [-0.4, -0.2) is 26.5 Å². The summed E-state index contributed by atoms with van der Waals surface area (Å²) in [5.41, 5.74) is 2.77. The van der Waals surface area contributed by atoms with Gasteiger partial charge in [-0.15, -0.1) is 0 Å². The van der Waals surface area contributed by atoms with Crippen LogP contribution in [0.3, 0.4) is 0 Å². The standard InChI is InChI=1S/C19H16ClN3O3/c1-12-17(13(2)23(22-12)15-6-4-3-5-7-15)18(24)19(25)26-11-14-8-9-16(20)21-10-14/h3-10H,11H2,1-2H3. The van der Waals surface area contributed by atoms with Crippen LogP contribution in [0.15, 0.2) is 48.7 Å². The SMILES string of the molecule is Cc1nn(-c2ccccc2)c(C)c1C(=O)C(=O)OCc1ccc(Cl)nc1. The third kappa shape index (κ3) is 3.65. The number of hydrogen-bond acceptors (Lipinski definition) is 5. The summed E-state index contributed by atoms with van der Waals surface area (Å²) in [7, 11) is 0. The second-order valence-electron chi connectivity index (χ2n) is 5.69. The Morgan fingerprint density at radius 2 is 1.85 bits per heavy atom. The molecule has 0 saturated carbocycles. The van der Waals surface area contributed by atoms with Crippen LogP contribution in [-0.2, 0) is 16.1 Å². The number of rotatable bonds is 5. The van der Waals surface area contributed by atoms with E-state index in [0.29, 0.717) is 22.1 Å². The van der Waals surface area contributed by atoms with Crippen LogP contribution >= 0.6 is 11.6 Å². The highest BCUT2D eigenvalue weighted by Crippen LogP contribution is 2.19. The van der Waals surface area contributed by atoms with Gasteiger partial charge in [-0.05, 0) is 32.0 Å². The lowest BCUT2D eigenvalue weighted by molar-refractivity contribution is -0.139. The number of para-hydroxylation sites is 1. The number of aryl methyl sites for hydroxylation is 1. The highest BCUT2D eigenvalue weighted by molar-refractivity contribution is 6.41. The first kappa shape index (κ1) is 17.8. The molecule has 2 heterocycles. The van der Waals surface area contributed by atoms with E-state index in [-0.39, 0.29) is 12.2 Å². The fraction of sp³-hybridized carbons (Fsp3) is 0.158. The maximum atomic E-state index is 12.5. The molecule has 0 bridgehead atoms. The number of halogens is 1. The van der Waals surface area contributed by atoms with Gasteiger partial charge in [0.2, 0.25) is 0 Å². The minimum atomic E-state index is -0.932. The Labute approximate surface area is 155 Å². The van der Waals surface area contributed by atoms with Gasteiger partial charge in [0.05, 0.1) is 22.6 Å². The number of ketones is 1. The summed E-state index contributed by atoms with van der Waals surface area (Å²) in [6, 6.07) is 12.7. The molecule has 0 N–H and O–H groups in total. The van der Waals surface area contributed by atoms with Crippen molar-refractivity contribution in [1.82, 2.24) is 14.8 Å². The van der Waals surface area contributed by atoms with E-state index in [1.54, 1.807) is 30.7 Å². The van der Waals surface area contributed by atoms with E-state index in [1.165, 1.54) is 6.20 Å². The second-order valence-corrected chi connectivity index (χ2v) is 6.07. The summed E-state index contributed by atoms with van der Waals surface area (Å²) in [4.78, 5) is 28.6. The third-order valence-electron chi connectivity index (χ3n) is 3.86. The molecule has 0 fully saturated rings. The predicted molar refractivity (Wildman–Crippen MR) is 96.4 cm³/mol. The molecular formula is C19H16ClN3O3. The van der Waals surface area contributed by atoms with Crippen LogP contribution in [0.1, 0.15) is 27.3 Å². The van der Waals surface area contributed by atoms with Crippen molar-refractivity contribution in [3.63, 3.8) is 0 Å². The van der Waals surface area contributed by atoms with Crippen LogP contribution in [0, 0.1) is 13.8 Å². The lowest BCUT2D eigenvalue weighted by Crippen LogP contribution is -2.19. The van der Waals surface area contributed by atoms with Crippen LogP contribution in [0.2, 0.25) is 5.15 Å². The molecule has 0 radical (unpaired) electrons. The quantitative estimate of drug-likeness (QED) is 0.298. The highest BCUT2D eigenvalue weighted by Gasteiger charge is 2.26. The van der Waals surface area contributed by atoms with Crippen molar-refractivity contribution >= 4 is 23.4 Å². The number of hydrogen-bond donors (Lipinski definition) is 0. The van der Waals surface area contributed by atoms with E-state index in [0.717, 1.165) is 5.69 Å². The van der Waals surface area contributed by atoms with Gasteiger partial charge in [-0.1, -0.05) is 35.9 Å². The van der Waals surface area contributed by atoms with Gasteiger partial charge in [0.15, 0.2) is 0 Å². The summed E-state index contributed by atoms with van der Waals surface area (Å²) < 4.78 is 6.74. The molecule has 0 unspecified atom stereocenters. The molecule has 0 aliphatic rings. The molecule has 0 aliphatic carbocycles. The van der Waals surface area contributed by atoms with Crippen molar-refractivity contribution in [1.29, 1.82) is 0 Å². The highest BCUT2D eigenvalue weighted by atomic mass is 35.5. The number of nitrogens with zero attached hydrogens (tertiary/aromatic N) is 3. The lowest BCUT2D eigenvalue weighted by Gasteiger charge is -2.06. The molecule has 3 rings (SSSR count). The Morgan fingerprint density at radius 1 is 1.12 bits per heavy atom. The molecule has 6 nitrogen and oxygen atoms in total. The molecule has 7 heteroatoms. The van der Waals surface area contributed by atoms with Gasteiger partial charge in [0, 0.05) is 11.8 Å². The number of carbonyl (C=O) groups is 2. The van der Waals surface area contributed by atoms with E-state index in [9.17, 15) is 9.59 Å². The first-order valence-corrected chi connectivity index (χ1v) is 8.28. The second kappa shape index (κ2) is 7.49. The number of benzene rings is 1. The van der Waals surface area contributed by atoms with Crippen LogP contribution in [0.5, 0.6) is 0 Å². The number of esters is 1. The summed E-state index contributed by atoms with van der Waals surface area (Å²) in [6.45, 7) is 3.38. The molecule has 3 aromatic rings. The van der Waals surface area contributed by atoms with Crippen LogP contribution in [0.4, 0.5) is 0 Å². The molecule has 132 valence electrons. The third-order valence-corrected chi connectivity index (χ3v) is 4.09. The van der Waals surface area contributed by atoms with Crippen molar-refractivity contribution < 1.29 is 14.3 Å². The normalized spacial score (nSPS) is 10.6. The van der Waals surface area contributed by atoms with Crippen molar-refractivity contribution in [3.05, 3.63) is 76.3 Å². The number of ether oxygens (including phenoxy) is 1. The molecule has 0 saturated heterocycles. The predicted octanol–water partition coefficient (Wildman–Crippen LogP) is 3.46. The van der Waals surface area contributed by atoms with Crippen molar-refractivity contribution in [2.24, 2.45) is 0 Å². The number of Topliss-reactive ketones (excluding diaryl/α,β-unsaturated/α-hetero) is 1. The maximum absolute atomic E-state index is 12.5. The molecule has 0 atom stereocenters. The monoisotopic (exact) mass is 369 g/mol. The average Bonchev–Trinajstić information content (AvgIpc) is 2.95. The molecule has 1 aromatic carbocycles. The van der Waals surface area contributed by atoms with E-state index >= 15 is 0 Å². The van der Waals surface area contributed by atoms with Gasteiger partial charge in [-0.2, -0.15) is 5.10 Å². The molecule has 2 aromatic heterocycles. The van der Waals surface area contributed by atoms with Crippen LogP contribution in [0.25, 0.3) is 5.69 Å². The Balaban J connectivity index is 1.78. The Bertz CT molecular complexity index is 950. The number of pyridine rings is 1. The van der Waals surface area contributed by atoms with Crippen molar-refractivity contribution in [3.8, 4) is 5.69 Å². The van der Waals surface area contributed by atoms with E-state index in [1.807, 2.05) is 30.3 Å². The number of carbonyl (C=O) groups excluding carboxylic acids is 2. The first-order chi connectivity index (χ1) is 12.5. The van der Waals surface area contributed by atoms with Gasteiger partial charge in [-0.3, -0.25) is 4.79 Å². The topological polar surface area (TPSA) is 74.1 Å². The Kier molecular flexibility index (Phi) is 5.14. The van der Waals surface area contributed by atoms with Crippen LogP contribution < -0.4 is 0 Å². The van der Waals surface area contributed by atoms with Gasteiger partial charge in [-0.25, -0.2) is 14.5 Å². The molecule has 0 spiro atoms. The fourth-order valence-corrected chi connectivity index (χ4v) is 2.71. The van der Waals surface area contributed by atoms with E-state index in [2.05, 4.69) is 10.1 Å². The van der Waals surface area contributed by atoms with E-state index < -0.39 is 11.8 Å². The zero-order chi connectivity index (χ0) is 18.7. The fourth-order valence-electron chi connectivity index (χ4n) is 2.60. The molecule has 26 heavy (non-hydrogen) atoms. The Hall–Kier alpha value is -2.99. The maximum Gasteiger partial charge on any atom is 0.380 e. The van der Waals surface area contributed by atoms with Gasteiger partial charge >= 0.3 is 5.97 Å². The first-order valence-electron chi connectivity index (χ1n) is 7.91. The molecule has 0 aliphatic heterocycles. The summed E-state index contributed by atoms with van der Waals surface area (Å²) in [5.74, 6) is -1.65. The zero-order valence-corrected chi connectivity index (χ0v) is 15.0.